The normalized spacial score (nSPS) is 16.0. The van der Waals surface area contributed by atoms with Crippen molar-refractivity contribution in [3.8, 4) is 0 Å². The molecule has 0 spiro atoms. The highest BCUT2D eigenvalue weighted by atomic mass is 32.2. The van der Waals surface area contributed by atoms with E-state index in [0.717, 1.165) is 16.8 Å². The van der Waals surface area contributed by atoms with Crippen LogP contribution in [0.1, 0.15) is 16.3 Å². The molecule has 1 aliphatic heterocycles. The Bertz CT molecular complexity index is 919. The standard InChI is InChI=1S/C17H20FN3O3S2/c1-12-9-15(3-4-16(12)18)26(23,24)21-7-5-20(6-8-21)17(22)10-14-11-25-13(2)19-14/h3-4,9,11H,5-8,10H2,1-2H3. The molecule has 1 amide bonds. The Morgan fingerprint density at radius 2 is 1.92 bits per heavy atom. The summed E-state index contributed by atoms with van der Waals surface area (Å²) >= 11 is 1.50. The van der Waals surface area contributed by atoms with Crippen LogP contribution in [-0.4, -0.2) is 54.7 Å². The fraction of sp³-hybridized carbons (Fsp3) is 0.412. The number of piperazine rings is 1. The molecular weight excluding hydrogens is 377 g/mol. The van der Waals surface area contributed by atoms with Gasteiger partial charge in [0.1, 0.15) is 5.82 Å². The number of hydrogen-bond acceptors (Lipinski definition) is 5. The molecule has 9 heteroatoms. The van der Waals surface area contributed by atoms with Gasteiger partial charge in [0.05, 0.1) is 22.0 Å². The molecule has 0 N–H and O–H groups in total. The molecular formula is C17H20FN3O3S2. The molecule has 1 fully saturated rings. The minimum atomic E-state index is -3.69. The molecule has 2 heterocycles. The number of rotatable bonds is 4. The number of carbonyl (C=O) groups excluding carboxylic acids is 1. The largest absolute Gasteiger partial charge is 0.340 e. The molecule has 0 radical (unpaired) electrons. The van der Waals surface area contributed by atoms with Gasteiger partial charge in [0, 0.05) is 31.6 Å². The molecule has 3 rings (SSSR count). The summed E-state index contributed by atoms with van der Waals surface area (Å²) in [6.07, 6.45) is 0.230. The van der Waals surface area contributed by atoms with Crippen LogP contribution in [-0.2, 0) is 21.2 Å². The second kappa shape index (κ2) is 7.42. The molecule has 26 heavy (non-hydrogen) atoms. The molecule has 0 unspecified atom stereocenters. The molecule has 0 atom stereocenters. The first-order valence-corrected chi connectivity index (χ1v) is 10.5. The number of thiazole rings is 1. The summed E-state index contributed by atoms with van der Waals surface area (Å²) in [6.45, 7) is 4.54. The fourth-order valence-corrected chi connectivity index (χ4v) is 4.98. The van der Waals surface area contributed by atoms with E-state index in [1.807, 2.05) is 12.3 Å². The van der Waals surface area contributed by atoms with Crippen molar-refractivity contribution in [2.75, 3.05) is 26.2 Å². The van der Waals surface area contributed by atoms with Crippen molar-refractivity contribution >= 4 is 27.3 Å². The van der Waals surface area contributed by atoms with Crippen molar-refractivity contribution in [1.82, 2.24) is 14.2 Å². The molecule has 1 aromatic carbocycles. The third kappa shape index (κ3) is 3.94. The van der Waals surface area contributed by atoms with E-state index in [-0.39, 0.29) is 30.3 Å². The van der Waals surface area contributed by atoms with Crippen molar-refractivity contribution < 1.29 is 17.6 Å². The van der Waals surface area contributed by atoms with Crippen molar-refractivity contribution in [2.24, 2.45) is 0 Å². The zero-order chi connectivity index (χ0) is 18.9. The predicted octanol–water partition coefficient (Wildman–Crippen LogP) is 1.97. The van der Waals surface area contributed by atoms with Crippen LogP contribution in [0, 0.1) is 19.7 Å². The number of amides is 1. The second-order valence-electron chi connectivity index (χ2n) is 6.23. The minimum Gasteiger partial charge on any atom is -0.340 e. The number of halogens is 1. The van der Waals surface area contributed by atoms with Crippen LogP contribution < -0.4 is 0 Å². The van der Waals surface area contributed by atoms with Gasteiger partial charge < -0.3 is 4.90 Å². The van der Waals surface area contributed by atoms with Gasteiger partial charge in [-0.25, -0.2) is 17.8 Å². The maximum atomic E-state index is 13.4. The van der Waals surface area contributed by atoms with Crippen LogP contribution in [0.25, 0.3) is 0 Å². The zero-order valence-corrected chi connectivity index (χ0v) is 16.2. The quantitative estimate of drug-likeness (QED) is 0.791. The van der Waals surface area contributed by atoms with Crippen LogP contribution in [0.4, 0.5) is 4.39 Å². The smallest absolute Gasteiger partial charge is 0.243 e. The van der Waals surface area contributed by atoms with Gasteiger partial charge in [0.2, 0.25) is 15.9 Å². The molecule has 0 bridgehead atoms. The van der Waals surface area contributed by atoms with Crippen LogP contribution >= 0.6 is 11.3 Å². The van der Waals surface area contributed by atoms with Crippen molar-refractivity contribution in [1.29, 1.82) is 0 Å². The first-order chi connectivity index (χ1) is 12.3. The van der Waals surface area contributed by atoms with Gasteiger partial charge in [-0.1, -0.05) is 0 Å². The Labute approximate surface area is 156 Å². The van der Waals surface area contributed by atoms with E-state index < -0.39 is 15.8 Å². The highest BCUT2D eigenvalue weighted by Gasteiger charge is 2.30. The maximum absolute atomic E-state index is 13.4. The number of benzene rings is 1. The summed E-state index contributed by atoms with van der Waals surface area (Å²) in [7, 11) is -3.69. The van der Waals surface area contributed by atoms with Crippen molar-refractivity contribution in [3.05, 3.63) is 45.7 Å². The zero-order valence-electron chi connectivity index (χ0n) is 14.6. The maximum Gasteiger partial charge on any atom is 0.243 e. The van der Waals surface area contributed by atoms with Gasteiger partial charge >= 0.3 is 0 Å². The summed E-state index contributed by atoms with van der Waals surface area (Å²) < 4.78 is 40.2. The van der Waals surface area contributed by atoms with Crippen LogP contribution in [0.5, 0.6) is 0 Å². The lowest BCUT2D eigenvalue weighted by Gasteiger charge is -2.34. The lowest BCUT2D eigenvalue weighted by atomic mass is 10.2. The monoisotopic (exact) mass is 397 g/mol. The summed E-state index contributed by atoms with van der Waals surface area (Å²) in [5.41, 5.74) is 1.03. The first kappa shape index (κ1) is 18.9. The predicted molar refractivity (Wildman–Crippen MR) is 97.0 cm³/mol. The third-order valence-corrected chi connectivity index (χ3v) is 7.07. The number of aryl methyl sites for hydroxylation is 2. The van der Waals surface area contributed by atoms with E-state index in [9.17, 15) is 17.6 Å². The van der Waals surface area contributed by atoms with Crippen molar-refractivity contribution in [2.45, 2.75) is 25.2 Å². The van der Waals surface area contributed by atoms with E-state index >= 15 is 0 Å². The summed E-state index contributed by atoms with van der Waals surface area (Å²) in [4.78, 5) is 18.4. The van der Waals surface area contributed by atoms with E-state index in [1.54, 1.807) is 4.90 Å². The van der Waals surface area contributed by atoms with E-state index in [2.05, 4.69) is 4.98 Å². The van der Waals surface area contributed by atoms with E-state index in [4.69, 9.17) is 0 Å². The Morgan fingerprint density at radius 1 is 1.23 bits per heavy atom. The fourth-order valence-electron chi connectivity index (χ4n) is 2.86. The van der Waals surface area contributed by atoms with E-state index in [0.29, 0.717) is 18.7 Å². The van der Waals surface area contributed by atoms with Crippen molar-refractivity contribution in [3.63, 3.8) is 0 Å². The average molecular weight is 397 g/mol. The lowest BCUT2D eigenvalue weighted by molar-refractivity contribution is -0.131. The molecule has 1 saturated heterocycles. The molecule has 6 nitrogen and oxygen atoms in total. The number of aromatic nitrogens is 1. The highest BCUT2D eigenvalue weighted by molar-refractivity contribution is 7.89. The van der Waals surface area contributed by atoms with Gasteiger partial charge in [-0.3, -0.25) is 4.79 Å². The van der Waals surface area contributed by atoms with E-state index in [1.165, 1.54) is 34.7 Å². The SMILES string of the molecule is Cc1nc(CC(=O)N2CCN(S(=O)(=O)c3ccc(F)c(C)c3)CC2)cs1. The van der Waals surface area contributed by atoms with Gasteiger partial charge in [-0.2, -0.15) is 4.31 Å². The molecule has 0 aliphatic carbocycles. The first-order valence-electron chi connectivity index (χ1n) is 8.22. The molecule has 1 aliphatic rings. The summed E-state index contributed by atoms with van der Waals surface area (Å²) in [6, 6.07) is 3.78. The highest BCUT2D eigenvalue weighted by Crippen LogP contribution is 2.20. The van der Waals surface area contributed by atoms with Gasteiger partial charge in [0.15, 0.2) is 0 Å². The van der Waals surface area contributed by atoms with Gasteiger partial charge in [-0.05, 0) is 37.6 Å². The topological polar surface area (TPSA) is 70.6 Å². The lowest BCUT2D eigenvalue weighted by Crippen LogP contribution is -2.50. The Morgan fingerprint density at radius 3 is 2.50 bits per heavy atom. The summed E-state index contributed by atoms with van der Waals surface area (Å²) in [5, 5.41) is 2.78. The Hall–Kier alpha value is -1.84. The second-order valence-corrected chi connectivity index (χ2v) is 9.23. The molecule has 0 saturated carbocycles. The number of carbonyl (C=O) groups is 1. The third-order valence-electron chi connectivity index (χ3n) is 4.36. The van der Waals surface area contributed by atoms with Crippen LogP contribution in [0.3, 0.4) is 0 Å². The van der Waals surface area contributed by atoms with Crippen LogP contribution in [0.15, 0.2) is 28.5 Å². The molecule has 1 aromatic heterocycles. The number of nitrogens with zero attached hydrogens (tertiary/aromatic N) is 3. The number of sulfonamides is 1. The van der Waals surface area contributed by atoms with Gasteiger partial charge in [-0.15, -0.1) is 11.3 Å². The average Bonchev–Trinajstić information content (AvgIpc) is 3.02. The minimum absolute atomic E-state index is 0.0509. The molecule has 140 valence electrons. The Kier molecular flexibility index (Phi) is 5.40. The Balaban J connectivity index is 1.63. The van der Waals surface area contributed by atoms with Crippen LogP contribution in [0.2, 0.25) is 0 Å². The molecule has 2 aromatic rings. The number of hydrogen-bond donors (Lipinski definition) is 0. The van der Waals surface area contributed by atoms with Gasteiger partial charge in [0.25, 0.3) is 0 Å². The summed E-state index contributed by atoms with van der Waals surface area (Å²) in [5.74, 6) is -0.485.